The normalized spacial score (nSPS) is 12.4. The first kappa shape index (κ1) is 15.0. The van der Waals surface area contributed by atoms with Crippen LogP contribution in [0.1, 0.15) is 16.1 Å². The summed E-state index contributed by atoms with van der Waals surface area (Å²) in [5.41, 5.74) is -2.22. The molecule has 0 saturated carbocycles. The second-order valence-electron chi connectivity index (χ2n) is 2.88. The molecular weight excluding hydrogens is 383 g/mol. The van der Waals surface area contributed by atoms with Crippen molar-refractivity contribution in [2.24, 2.45) is 0 Å². The van der Waals surface area contributed by atoms with Crippen LogP contribution in [0.3, 0.4) is 0 Å². The quantitative estimate of drug-likeness (QED) is 0.445. The predicted molar refractivity (Wildman–Crippen MR) is 54.0 cm³/mol. The molecule has 1 rings (SSSR count). The first-order valence-electron chi connectivity index (χ1n) is 4.03. The zero-order chi connectivity index (χ0) is 14.1. The Bertz CT molecular complexity index is 470. The summed E-state index contributed by atoms with van der Waals surface area (Å²) in [6.45, 7) is 0. The number of alkyl halides is 6. The standard InChI is InChI=1S/C8H2F6INO2/c9-7(10,11)4-1-3(2-17)5(15)6(16-4)18-8(12,13)14/h1-2H. The largest absolute Gasteiger partial charge is 0.574 e. The summed E-state index contributed by atoms with van der Waals surface area (Å²) in [6, 6.07) is 0.345. The Kier molecular flexibility index (Phi) is 4.08. The predicted octanol–water partition coefficient (Wildman–Crippen LogP) is 3.42. The van der Waals surface area contributed by atoms with E-state index in [1.807, 2.05) is 0 Å². The maximum Gasteiger partial charge on any atom is 0.574 e. The van der Waals surface area contributed by atoms with Crippen molar-refractivity contribution in [1.82, 2.24) is 4.98 Å². The van der Waals surface area contributed by atoms with E-state index in [1.165, 1.54) is 22.6 Å². The van der Waals surface area contributed by atoms with E-state index in [9.17, 15) is 31.1 Å². The highest BCUT2D eigenvalue weighted by Gasteiger charge is 2.37. The minimum Gasteiger partial charge on any atom is -0.387 e. The maximum absolute atomic E-state index is 12.3. The Morgan fingerprint density at radius 3 is 2.17 bits per heavy atom. The average Bonchev–Trinajstić information content (AvgIpc) is 2.17. The Hall–Kier alpha value is -1.07. The molecular formula is C8H2F6INO2. The van der Waals surface area contributed by atoms with Crippen molar-refractivity contribution in [2.45, 2.75) is 12.5 Å². The number of aldehydes is 1. The number of carbonyl (C=O) groups excluding carboxylic acids is 1. The van der Waals surface area contributed by atoms with Crippen molar-refractivity contribution in [3.63, 3.8) is 0 Å². The molecule has 0 bridgehead atoms. The molecule has 0 radical (unpaired) electrons. The van der Waals surface area contributed by atoms with Crippen LogP contribution in [-0.2, 0) is 6.18 Å². The third kappa shape index (κ3) is 3.71. The molecule has 0 aromatic carbocycles. The van der Waals surface area contributed by atoms with Crippen LogP contribution in [0.25, 0.3) is 0 Å². The van der Waals surface area contributed by atoms with E-state index in [-0.39, 0.29) is 6.29 Å². The van der Waals surface area contributed by atoms with Crippen molar-refractivity contribution in [3.8, 4) is 5.88 Å². The van der Waals surface area contributed by atoms with E-state index >= 15 is 0 Å². The van der Waals surface area contributed by atoms with Crippen molar-refractivity contribution >= 4 is 28.9 Å². The summed E-state index contributed by atoms with van der Waals surface area (Å²) < 4.78 is 75.7. The highest BCUT2D eigenvalue weighted by molar-refractivity contribution is 14.1. The molecule has 3 nitrogen and oxygen atoms in total. The second kappa shape index (κ2) is 4.90. The monoisotopic (exact) mass is 385 g/mol. The number of halogens is 7. The summed E-state index contributed by atoms with van der Waals surface area (Å²) in [6.07, 6.45) is -10.2. The average molecular weight is 385 g/mol. The van der Waals surface area contributed by atoms with Gasteiger partial charge in [0, 0.05) is 5.56 Å². The van der Waals surface area contributed by atoms with E-state index in [0.29, 0.717) is 6.07 Å². The summed E-state index contributed by atoms with van der Waals surface area (Å²) in [7, 11) is 0. The van der Waals surface area contributed by atoms with Gasteiger partial charge in [0.2, 0.25) is 5.88 Å². The maximum atomic E-state index is 12.3. The SMILES string of the molecule is O=Cc1cc(C(F)(F)F)nc(OC(F)(F)F)c1I. The first-order chi connectivity index (χ1) is 8.04. The molecule has 10 heteroatoms. The Morgan fingerprint density at radius 2 is 1.78 bits per heavy atom. The number of pyridine rings is 1. The fourth-order valence-electron chi connectivity index (χ4n) is 0.933. The van der Waals surface area contributed by atoms with Crippen molar-refractivity contribution < 1.29 is 35.9 Å². The smallest absolute Gasteiger partial charge is 0.387 e. The highest BCUT2D eigenvalue weighted by atomic mass is 127. The van der Waals surface area contributed by atoms with Gasteiger partial charge in [0.05, 0.1) is 3.57 Å². The van der Waals surface area contributed by atoms with Crippen LogP contribution in [-0.4, -0.2) is 17.6 Å². The second-order valence-corrected chi connectivity index (χ2v) is 3.96. The third-order valence-electron chi connectivity index (χ3n) is 1.59. The van der Waals surface area contributed by atoms with Gasteiger partial charge in [-0.15, -0.1) is 13.2 Å². The molecule has 100 valence electrons. The Balaban J connectivity index is 3.37. The molecule has 0 aliphatic carbocycles. The van der Waals surface area contributed by atoms with Crippen molar-refractivity contribution in [1.29, 1.82) is 0 Å². The van der Waals surface area contributed by atoms with E-state index in [4.69, 9.17) is 0 Å². The number of hydrogen-bond donors (Lipinski definition) is 0. The fraction of sp³-hybridized carbons (Fsp3) is 0.250. The number of ether oxygens (including phenoxy) is 1. The Labute approximate surface area is 109 Å². The third-order valence-corrected chi connectivity index (χ3v) is 2.67. The van der Waals surface area contributed by atoms with Gasteiger partial charge in [-0.1, -0.05) is 0 Å². The summed E-state index contributed by atoms with van der Waals surface area (Å²) >= 11 is 1.24. The van der Waals surface area contributed by atoms with Gasteiger partial charge in [0.1, 0.15) is 5.69 Å². The number of aromatic nitrogens is 1. The molecule has 0 amide bonds. The van der Waals surface area contributed by atoms with E-state index < -0.39 is 33.2 Å². The van der Waals surface area contributed by atoms with Gasteiger partial charge in [-0.05, 0) is 28.7 Å². The number of hydrogen-bond acceptors (Lipinski definition) is 3. The lowest BCUT2D eigenvalue weighted by atomic mass is 10.2. The molecule has 1 aromatic rings. The van der Waals surface area contributed by atoms with Gasteiger partial charge >= 0.3 is 12.5 Å². The minimum atomic E-state index is -5.20. The molecule has 0 fully saturated rings. The summed E-state index contributed by atoms with van der Waals surface area (Å²) in [5.74, 6) is -1.31. The summed E-state index contributed by atoms with van der Waals surface area (Å²) in [4.78, 5) is 13.2. The Morgan fingerprint density at radius 1 is 1.22 bits per heavy atom. The van der Waals surface area contributed by atoms with Gasteiger partial charge < -0.3 is 4.74 Å². The lowest BCUT2D eigenvalue weighted by Gasteiger charge is -2.13. The van der Waals surface area contributed by atoms with Gasteiger partial charge in [0.15, 0.2) is 6.29 Å². The molecule has 0 N–H and O–H groups in total. The van der Waals surface area contributed by atoms with Crippen LogP contribution in [0.5, 0.6) is 5.88 Å². The number of carbonyl (C=O) groups is 1. The lowest BCUT2D eigenvalue weighted by Crippen LogP contribution is -2.21. The van der Waals surface area contributed by atoms with Gasteiger partial charge in [-0.2, -0.15) is 13.2 Å². The van der Waals surface area contributed by atoms with Gasteiger partial charge in [-0.25, -0.2) is 4.98 Å². The fourth-order valence-corrected chi connectivity index (χ4v) is 1.45. The van der Waals surface area contributed by atoms with Crippen LogP contribution < -0.4 is 4.74 Å². The van der Waals surface area contributed by atoms with Crippen LogP contribution >= 0.6 is 22.6 Å². The van der Waals surface area contributed by atoms with Gasteiger partial charge in [-0.3, -0.25) is 4.79 Å². The molecule has 1 heterocycles. The van der Waals surface area contributed by atoms with Gasteiger partial charge in [0.25, 0.3) is 0 Å². The van der Waals surface area contributed by atoms with E-state index in [1.54, 1.807) is 0 Å². The molecule has 0 aliphatic rings. The van der Waals surface area contributed by atoms with Crippen molar-refractivity contribution in [2.75, 3.05) is 0 Å². The minimum absolute atomic E-state index is 0.0120. The first-order valence-corrected chi connectivity index (χ1v) is 5.11. The lowest BCUT2D eigenvalue weighted by molar-refractivity contribution is -0.276. The van der Waals surface area contributed by atoms with Crippen molar-refractivity contribution in [3.05, 3.63) is 20.9 Å². The molecule has 0 atom stereocenters. The van der Waals surface area contributed by atoms with Crippen LogP contribution in [0.15, 0.2) is 6.07 Å². The zero-order valence-electron chi connectivity index (χ0n) is 8.06. The molecule has 18 heavy (non-hydrogen) atoms. The topological polar surface area (TPSA) is 39.2 Å². The summed E-state index contributed by atoms with van der Waals surface area (Å²) in [5, 5.41) is 0. The molecule has 0 unspecified atom stereocenters. The number of rotatable bonds is 2. The van der Waals surface area contributed by atoms with Crippen LogP contribution in [0, 0.1) is 3.57 Å². The molecule has 0 spiro atoms. The van der Waals surface area contributed by atoms with E-state index in [2.05, 4.69) is 9.72 Å². The van der Waals surface area contributed by atoms with Crippen LogP contribution in [0.2, 0.25) is 0 Å². The van der Waals surface area contributed by atoms with E-state index in [0.717, 1.165) is 0 Å². The zero-order valence-corrected chi connectivity index (χ0v) is 10.2. The molecule has 0 aliphatic heterocycles. The highest BCUT2D eigenvalue weighted by Crippen LogP contribution is 2.34. The molecule has 1 aromatic heterocycles. The number of nitrogens with zero attached hydrogens (tertiary/aromatic N) is 1. The van der Waals surface area contributed by atoms with Crippen LogP contribution in [0.4, 0.5) is 26.3 Å². The molecule has 0 saturated heterocycles.